The summed E-state index contributed by atoms with van der Waals surface area (Å²) in [6.07, 6.45) is 0. The topological polar surface area (TPSA) is 80.4 Å². The van der Waals surface area contributed by atoms with Crippen molar-refractivity contribution in [3.63, 3.8) is 0 Å². The SMILES string of the molecule is CCOc1ccc2cccc(-n3c(C)nnc3-c3ccc(O)cc3O)c2c1. The smallest absolute Gasteiger partial charge is 0.172 e. The zero-order valence-corrected chi connectivity index (χ0v) is 15.0. The van der Waals surface area contributed by atoms with Gasteiger partial charge < -0.3 is 14.9 Å². The third-order valence-electron chi connectivity index (χ3n) is 4.43. The zero-order chi connectivity index (χ0) is 19.0. The second-order valence-electron chi connectivity index (χ2n) is 6.20. The van der Waals surface area contributed by atoms with Crippen LogP contribution in [0.2, 0.25) is 0 Å². The minimum Gasteiger partial charge on any atom is -0.508 e. The van der Waals surface area contributed by atoms with E-state index in [2.05, 4.69) is 10.2 Å². The van der Waals surface area contributed by atoms with Crippen molar-refractivity contribution in [1.29, 1.82) is 0 Å². The highest BCUT2D eigenvalue weighted by Crippen LogP contribution is 2.35. The summed E-state index contributed by atoms with van der Waals surface area (Å²) in [5, 5.41) is 30.4. The molecule has 2 N–H and O–H groups in total. The molecule has 0 bridgehead atoms. The lowest BCUT2D eigenvalue weighted by Crippen LogP contribution is -2.01. The van der Waals surface area contributed by atoms with Gasteiger partial charge in [-0.2, -0.15) is 0 Å². The van der Waals surface area contributed by atoms with Crippen LogP contribution in [0.15, 0.2) is 54.6 Å². The molecule has 0 fully saturated rings. The van der Waals surface area contributed by atoms with Crippen molar-refractivity contribution in [2.24, 2.45) is 0 Å². The van der Waals surface area contributed by atoms with Crippen LogP contribution in [0.5, 0.6) is 17.2 Å². The third-order valence-corrected chi connectivity index (χ3v) is 4.43. The fourth-order valence-corrected chi connectivity index (χ4v) is 3.22. The molecule has 27 heavy (non-hydrogen) atoms. The average Bonchev–Trinajstić information content (AvgIpc) is 3.02. The summed E-state index contributed by atoms with van der Waals surface area (Å²) < 4.78 is 7.55. The molecule has 0 aliphatic heterocycles. The molecule has 3 aromatic carbocycles. The first-order valence-electron chi connectivity index (χ1n) is 8.69. The van der Waals surface area contributed by atoms with Crippen LogP contribution in [-0.2, 0) is 0 Å². The van der Waals surface area contributed by atoms with Crippen molar-refractivity contribution >= 4 is 10.8 Å². The van der Waals surface area contributed by atoms with Crippen molar-refractivity contribution in [2.45, 2.75) is 13.8 Å². The first kappa shape index (κ1) is 16.9. The maximum absolute atomic E-state index is 10.3. The molecular weight excluding hydrogens is 342 g/mol. The van der Waals surface area contributed by atoms with Gasteiger partial charge in [0, 0.05) is 11.5 Å². The van der Waals surface area contributed by atoms with Gasteiger partial charge in [-0.1, -0.05) is 18.2 Å². The van der Waals surface area contributed by atoms with E-state index in [0.717, 1.165) is 22.2 Å². The molecule has 0 saturated carbocycles. The van der Waals surface area contributed by atoms with Crippen LogP contribution >= 0.6 is 0 Å². The minimum absolute atomic E-state index is 0.00875. The van der Waals surface area contributed by atoms with Crippen molar-refractivity contribution in [3.05, 3.63) is 60.4 Å². The molecule has 0 aliphatic carbocycles. The number of hydrogen-bond donors (Lipinski definition) is 2. The molecule has 0 radical (unpaired) electrons. The highest BCUT2D eigenvalue weighted by atomic mass is 16.5. The first-order chi connectivity index (χ1) is 13.1. The molecule has 0 saturated heterocycles. The van der Waals surface area contributed by atoms with Gasteiger partial charge in [0.15, 0.2) is 5.82 Å². The van der Waals surface area contributed by atoms with Gasteiger partial charge in [-0.15, -0.1) is 10.2 Å². The van der Waals surface area contributed by atoms with E-state index in [1.54, 1.807) is 6.07 Å². The van der Waals surface area contributed by atoms with Gasteiger partial charge in [-0.3, -0.25) is 4.57 Å². The number of fused-ring (bicyclic) bond motifs is 1. The number of nitrogens with zero attached hydrogens (tertiary/aromatic N) is 3. The van der Waals surface area contributed by atoms with Gasteiger partial charge in [0.25, 0.3) is 0 Å². The van der Waals surface area contributed by atoms with Crippen molar-refractivity contribution in [3.8, 4) is 34.3 Å². The Hall–Kier alpha value is -3.54. The summed E-state index contributed by atoms with van der Waals surface area (Å²) in [5.74, 6) is 1.91. The molecule has 1 heterocycles. The molecule has 6 nitrogen and oxygen atoms in total. The standard InChI is InChI=1S/C21H19N3O3/c1-3-27-16-9-7-14-5-4-6-19(18(14)12-16)24-13(2)22-23-21(24)17-10-8-15(25)11-20(17)26/h4-12,25-26H,3H2,1-2H3. The zero-order valence-electron chi connectivity index (χ0n) is 15.0. The van der Waals surface area contributed by atoms with E-state index in [1.165, 1.54) is 12.1 Å². The Bertz CT molecular complexity index is 1130. The Labute approximate surface area is 156 Å². The number of hydrogen-bond acceptors (Lipinski definition) is 5. The predicted octanol–water partition coefficient (Wildman–Crippen LogP) is 4.21. The predicted molar refractivity (Wildman–Crippen MR) is 104 cm³/mol. The van der Waals surface area contributed by atoms with Crippen LogP contribution in [-0.4, -0.2) is 31.6 Å². The van der Waals surface area contributed by atoms with E-state index >= 15 is 0 Å². The van der Waals surface area contributed by atoms with E-state index < -0.39 is 0 Å². The number of phenols is 2. The quantitative estimate of drug-likeness (QED) is 0.569. The van der Waals surface area contributed by atoms with Gasteiger partial charge in [0.2, 0.25) is 0 Å². The molecule has 0 atom stereocenters. The number of aromatic nitrogens is 3. The van der Waals surface area contributed by atoms with Crippen LogP contribution in [0.1, 0.15) is 12.7 Å². The Kier molecular flexibility index (Phi) is 4.16. The van der Waals surface area contributed by atoms with Crippen molar-refractivity contribution < 1.29 is 14.9 Å². The van der Waals surface area contributed by atoms with Gasteiger partial charge in [-0.05, 0) is 49.6 Å². The minimum atomic E-state index is -0.0566. The number of ether oxygens (including phenoxy) is 1. The normalized spacial score (nSPS) is 11.0. The lowest BCUT2D eigenvalue weighted by Gasteiger charge is -2.14. The van der Waals surface area contributed by atoms with Gasteiger partial charge in [0.05, 0.1) is 17.9 Å². The highest BCUT2D eigenvalue weighted by Gasteiger charge is 2.18. The molecule has 0 amide bonds. The molecule has 4 rings (SSSR count). The van der Waals surface area contributed by atoms with E-state index in [4.69, 9.17) is 4.74 Å². The number of benzene rings is 3. The summed E-state index contributed by atoms with van der Waals surface area (Å²) in [5.41, 5.74) is 1.38. The number of aromatic hydroxyl groups is 2. The molecule has 1 aromatic heterocycles. The summed E-state index contributed by atoms with van der Waals surface area (Å²) in [4.78, 5) is 0. The lowest BCUT2D eigenvalue weighted by molar-refractivity contribution is 0.340. The summed E-state index contributed by atoms with van der Waals surface area (Å²) >= 11 is 0. The number of aryl methyl sites for hydroxylation is 1. The van der Waals surface area contributed by atoms with E-state index in [-0.39, 0.29) is 11.5 Å². The average molecular weight is 361 g/mol. The van der Waals surface area contributed by atoms with Crippen LogP contribution in [0, 0.1) is 6.92 Å². The summed E-state index contributed by atoms with van der Waals surface area (Å²) in [6.45, 7) is 4.40. The van der Waals surface area contributed by atoms with Crippen LogP contribution < -0.4 is 4.74 Å². The summed E-state index contributed by atoms with van der Waals surface area (Å²) in [7, 11) is 0. The first-order valence-corrected chi connectivity index (χ1v) is 8.69. The molecule has 4 aromatic rings. The number of rotatable bonds is 4. The highest BCUT2D eigenvalue weighted by molar-refractivity contribution is 5.92. The van der Waals surface area contributed by atoms with E-state index in [1.807, 2.05) is 54.8 Å². The number of phenolic OH excluding ortho intramolecular Hbond substituents is 2. The molecule has 0 unspecified atom stereocenters. The van der Waals surface area contributed by atoms with Crippen molar-refractivity contribution in [2.75, 3.05) is 6.61 Å². The fourth-order valence-electron chi connectivity index (χ4n) is 3.22. The van der Waals surface area contributed by atoms with Crippen LogP contribution in [0.3, 0.4) is 0 Å². The maximum Gasteiger partial charge on any atom is 0.172 e. The van der Waals surface area contributed by atoms with E-state index in [9.17, 15) is 10.2 Å². The summed E-state index contributed by atoms with van der Waals surface area (Å²) in [6, 6.07) is 16.4. The Morgan fingerprint density at radius 2 is 1.85 bits per heavy atom. The monoisotopic (exact) mass is 361 g/mol. The Balaban J connectivity index is 1.97. The largest absolute Gasteiger partial charge is 0.508 e. The fraction of sp³-hybridized carbons (Fsp3) is 0.143. The lowest BCUT2D eigenvalue weighted by atomic mass is 10.1. The second-order valence-corrected chi connectivity index (χ2v) is 6.20. The third kappa shape index (κ3) is 2.95. The Morgan fingerprint density at radius 3 is 2.63 bits per heavy atom. The Morgan fingerprint density at radius 1 is 1.00 bits per heavy atom. The maximum atomic E-state index is 10.3. The van der Waals surface area contributed by atoms with E-state index in [0.29, 0.717) is 23.8 Å². The van der Waals surface area contributed by atoms with Gasteiger partial charge >= 0.3 is 0 Å². The van der Waals surface area contributed by atoms with Gasteiger partial charge in [0.1, 0.15) is 23.1 Å². The second kappa shape index (κ2) is 6.64. The molecule has 0 spiro atoms. The van der Waals surface area contributed by atoms with Crippen LogP contribution in [0.25, 0.3) is 27.8 Å². The van der Waals surface area contributed by atoms with Crippen molar-refractivity contribution in [1.82, 2.24) is 14.8 Å². The molecule has 0 aliphatic rings. The molecule has 136 valence electrons. The van der Waals surface area contributed by atoms with Gasteiger partial charge in [-0.25, -0.2) is 0 Å². The van der Waals surface area contributed by atoms with Crippen LogP contribution in [0.4, 0.5) is 0 Å². The molecular formula is C21H19N3O3. The molecule has 6 heteroatoms.